The van der Waals surface area contributed by atoms with E-state index in [9.17, 15) is 126 Å². The third-order valence-corrected chi connectivity index (χ3v) is 18.5. The zero-order chi connectivity index (χ0) is 74.5. The Morgan fingerprint density at radius 3 is 0.980 bits per heavy atom. The van der Waals surface area contributed by atoms with E-state index < -0.39 is 322 Å². The quantitative estimate of drug-likeness (QED) is 0.0382. The SMILES string of the molecule is CC(=O)NC1C(O)[C@H](O[C@@H]2OC(CO)[C@H](O)[C@H](O)C2O)[C@H](CO)O[C@H]1OC1[C@@H](OCC2O[C@@H](O[C@@H]3C(CO)O[C@@H](O[C@@H]4C(CO)O[C@@H](C)C(NC(C)=O)[C@H]4O)C(NC(C)=O)[C@H]3O)C(O)[C@@H](O[C@H]3OC(CO)[C@@H](O)C(O)C3O[C@@H]3OC(CO)[C@@H](O)[C@H](O)C3NC(C)=O)[C@@H]2O)OC(CO)[C@@H](O)[C@@H]1O. The standard InChI is InChI=1S/C57H96N4O40/c1-14-27(58-15(2)69)37(79)45(23(10-66)88-14)96-52-29(60-17(4)71)38(80)47(25(12-68)93-52)98-55-44(86)48(99-57-50(42(84)34(76)22(9-65)92-57)101-51-28(59-16(3)70)36(78)31(73)19(6-62)89-51)35(77)26(95-55)13-87-56-49(41(83)33(75)21(8-64)91-56)100-53-30(61-18(5)72)39(81)46(24(11-67)94-53)97-54-43(85)40(82)32(74)20(7-63)90-54/h14,19-57,62-68,73-86H,6-13H2,1-5H3,(H,58,69)(H,59,70)(H,60,71)(H,61,72)/t14-,19?,20?,21?,22?,23?,24-,25?,26?,27?,28?,29?,30?,31+,32-,33+,34+,35+,36+,37+,38+,39?,40-,41-,42?,43?,44?,45+,46+,47+,48-,49?,50?,51-,52-,53-,54-,55-,56-,57+/m0/s1. The minimum absolute atomic E-state index is 0.609. The van der Waals surface area contributed by atoms with Crippen molar-refractivity contribution in [3.63, 3.8) is 0 Å². The van der Waals surface area contributed by atoms with Crippen LogP contribution in [0.15, 0.2) is 0 Å². The Morgan fingerprint density at radius 1 is 0.267 bits per heavy atom. The van der Waals surface area contributed by atoms with Gasteiger partial charge in [0.05, 0.1) is 65.0 Å². The molecule has 0 saturated carbocycles. The molecule has 8 fully saturated rings. The number of rotatable bonds is 26. The molecular formula is C57H96N4O40. The molecule has 0 aromatic carbocycles. The smallest absolute Gasteiger partial charge is 0.217 e. The van der Waals surface area contributed by atoms with Gasteiger partial charge in [0.15, 0.2) is 44.0 Å². The Hall–Kier alpha value is -3.56. The molecule has 8 aliphatic rings. The van der Waals surface area contributed by atoms with Crippen LogP contribution in [0.3, 0.4) is 0 Å². The molecule has 0 aromatic rings. The average Bonchev–Trinajstić information content (AvgIpc) is 0.773. The molecule has 44 heteroatoms. The maximum absolute atomic E-state index is 12.9. The third kappa shape index (κ3) is 18.5. The van der Waals surface area contributed by atoms with E-state index in [2.05, 4.69) is 21.3 Å². The molecule has 8 rings (SSSR count). The summed E-state index contributed by atoms with van der Waals surface area (Å²) in [6.07, 6.45) is -71.1. The molecule has 8 heterocycles. The lowest BCUT2D eigenvalue weighted by atomic mass is 9.92. The molecule has 4 amide bonds. The van der Waals surface area contributed by atoms with Crippen molar-refractivity contribution in [2.75, 3.05) is 52.9 Å². The van der Waals surface area contributed by atoms with Crippen LogP contribution in [0.1, 0.15) is 34.6 Å². The number of carbonyl (C=O) groups is 4. The molecule has 8 aliphatic heterocycles. The molecule has 0 radical (unpaired) electrons. The van der Waals surface area contributed by atoms with Crippen LogP contribution in [0.25, 0.3) is 0 Å². The Labute approximate surface area is 573 Å². The lowest BCUT2D eigenvalue weighted by Crippen LogP contribution is -2.70. The molecular weight excluding hydrogens is 1380 g/mol. The van der Waals surface area contributed by atoms with Crippen LogP contribution in [0, 0.1) is 0 Å². The van der Waals surface area contributed by atoms with Gasteiger partial charge < -0.3 is 200 Å². The van der Waals surface area contributed by atoms with Crippen molar-refractivity contribution >= 4 is 23.6 Å². The number of hydrogen-bond donors (Lipinski definition) is 25. The normalized spacial score (nSPS) is 48.3. The molecule has 40 atom stereocenters. The van der Waals surface area contributed by atoms with Gasteiger partial charge in [0.2, 0.25) is 23.6 Å². The van der Waals surface area contributed by atoms with Gasteiger partial charge in [0.25, 0.3) is 0 Å². The second-order valence-electron chi connectivity index (χ2n) is 25.7. The highest BCUT2D eigenvalue weighted by Gasteiger charge is 2.60. The maximum atomic E-state index is 12.9. The second kappa shape index (κ2) is 36.4. The van der Waals surface area contributed by atoms with E-state index in [0.29, 0.717) is 0 Å². The van der Waals surface area contributed by atoms with E-state index in [1.54, 1.807) is 0 Å². The first-order valence-corrected chi connectivity index (χ1v) is 32.4. The van der Waals surface area contributed by atoms with Crippen LogP contribution in [0.2, 0.25) is 0 Å². The van der Waals surface area contributed by atoms with E-state index in [1.807, 2.05) is 0 Å². The fourth-order valence-electron chi connectivity index (χ4n) is 13.2. The number of carbonyl (C=O) groups excluding carboxylic acids is 4. The number of hydrogen-bond acceptors (Lipinski definition) is 40. The van der Waals surface area contributed by atoms with Crippen molar-refractivity contribution in [1.29, 1.82) is 0 Å². The molecule has 17 unspecified atom stereocenters. The van der Waals surface area contributed by atoms with E-state index >= 15 is 0 Å². The minimum Gasteiger partial charge on any atom is -0.394 e. The first-order chi connectivity index (χ1) is 47.8. The third-order valence-electron chi connectivity index (χ3n) is 18.5. The Bertz CT molecular complexity index is 2640. The molecule has 44 nitrogen and oxygen atoms in total. The van der Waals surface area contributed by atoms with Crippen LogP contribution >= 0.6 is 0 Å². The van der Waals surface area contributed by atoms with Gasteiger partial charge in [-0.2, -0.15) is 0 Å². The van der Waals surface area contributed by atoms with Crippen molar-refractivity contribution in [3.05, 3.63) is 0 Å². The molecule has 101 heavy (non-hydrogen) atoms. The molecule has 8 saturated heterocycles. The summed E-state index contributed by atoms with van der Waals surface area (Å²) in [5.41, 5.74) is 0. The summed E-state index contributed by atoms with van der Waals surface area (Å²) in [5, 5.41) is 242. The summed E-state index contributed by atoms with van der Waals surface area (Å²) in [4.78, 5) is 50.4. The number of amides is 4. The van der Waals surface area contributed by atoms with Crippen molar-refractivity contribution in [3.8, 4) is 0 Å². The van der Waals surface area contributed by atoms with E-state index in [0.717, 1.165) is 27.7 Å². The Kier molecular flexibility index (Phi) is 29.9. The van der Waals surface area contributed by atoms with Crippen LogP contribution in [0.5, 0.6) is 0 Å². The van der Waals surface area contributed by atoms with E-state index in [-0.39, 0.29) is 0 Å². The van der Waals surface area contributed by atoms with Crippen molar-refractivity contribution < 1.29 is 197 Å². The zero-order valence-corrected chi connectivity index (χ0v) is 54.9. The van der Waals surface area contributed by atoms with Crippen LogP contribution in [0.4, 0.5) is 0 Å². The fourth-order valence-corrected chi connectivity index (χ4v) is 13.2. The fraction of sp³-hybridized carbons (Fsp3) is 0.930. The molecule has 0 spiro atoms. The van der Waals surface area contributed by atoms with Gasteiger partial charge in [0.1, 0.15) is 189 Å². The molecule has 584 valence electrons. The first-order valence-electron chi connectivity index (χ1n) is 32.4. The van der Waals surface area contributed by atoms with Crippen LogP contribution in [-0.2, 0) is 90.2 Å². The predicted molar refractivity (Wildman–Crippen MR) is 314 cm³/mol. The molecule has 0 aliphatic carbocycles. The first kappa shape index (κ1) is 83.1. The van der Waals surface area contributed by atoms with Crippen LogP contribution < -0.4 is 21.3 Å². The largest absolute Gasteiger partial charge is 0.394 e. The van der Waals surface area contributed by atoms with Crippen molar-refractivity contribution in [2.45, 2.75) is 280 Å². The van der Waals surface area contributed by atoms with Gasteiger partial charge >= 0.3 is 0 Å². The Balaban J connectivity index is 1.13. The summed E-state index contributed by atoms with van der Waals surface area (Å²) in [7, 11) is 0. The van der Waals surface area contributed by atoms with Gasteiger partial charge in [0, 0.05) is 27.7 Å². The molecule has 0 aromatic heterocycles. The molecule has 25 N–H and O–H groups in total. The minimum atomic E-state index is -2.48. The number of nitrogens with one attached hydrogen (secondary N) is 4. The van der Waals surface area contributed by atoms with E-state index in [1.165, 1.54) is 6.92 Å². The van der Waals surface area contributed by atoms with Crippen molar-refractivity contribution in [1.82, 2.24) is 21.3 Å². The monoisotopic (exact) mass is 1480 g/mol. The van der Waals surface area contributed by atoms with Gasteiger partial charge in [-0.25, -0.2) is 0 Å². The second-order valence-corrected chi connectivity index (χ2v) is 25.7. The van der Waals surface area contributed by atoms with E-state index in [4.69, 9.17) is 71.1 Å². The van der Waals surface area contributed by atoms with Crippen LogP contribution in [-0.4, -0.2) is 429 Å². The summed E-state index contributed by atoms with van der Waals surface area (Å²) in [6.45, 7) is -2.66. The topological polar surface area (TPSA) is 680 Å². The number of aliphatic hydroxyl groups is 21. The van der Waals surface area contributed by atoms with Crippen molar-refractivity contribution in [2.24, 2.45) is 0 Å². The highest BCUT2D eigenvalue weighted by atomic mass is 16.8. The highest BCUT2D eigenvalue weighted by molar-refractivity contribution is 5.74. The highest BCUT2D eigenvalue weighted by Crippen LogP contribution is 2.39. The van der Waals surface area contributed by atoms with Gasteiger partial charge in [-0.15, -0.1) is 0 Å². The lowest BCUT2D eigenvalue weighted by Gasteiger charge is -2.51. The predicted octanol–water partition coefficient (Wildman–Crippen LogP) is -16.8. The zero-order valence-electron chi connectivity index (χ0n) is 54.9. The number of aliphatic hydroxyl groups excluding tert-OH is 21. The lowest BCUT2D eigenvalue weighted by molar-refractivity contribution is -0.396. The summed E-state index contributed by atoms with van der Waals surface area (Å²) in [5.74, 6) is -3.23. The van der Waals surface area contributed by atoms with Gasteiger partial charge in [-0.3, -0.25) is 19.2 Å². The number of ether oxygens (including phenoxy) is 15. The summed E-state index contributed by atoms with van der Waals surface area (Å²) < 4.78 is 89.4. The molecule has 0 bridgehead atoms. The Morgan fingerprint density at radius 2 is 0.554 bits per heavy atom. The van der Waals surface area contributed by atoms with Gasteiger partial charge in [-0.1, -0.05) is 0 Å². The maximum Gasteiger partial charge on any atom is 0.217 e. The average molecular weight is 1480 g/mol. The summed E-state index contributed by atoms with van der Waals surface area (Å²) >= 11 is 0. The van der Waals surface area contributed by atoms with Gasteiger partial charge in [-0.05, 0) is 6.92 Å². The summed E-state index contributed by atoms with van der Waals surface area (Å²) in [6, 6.07) is -6.60.